The molecule has 0 aliphatic carbocycles. The van der Waals surface area contributed by atoms with Gasteiger partial charge in [0, 0.05) is 27.8 Å². The largest absolute Gasteiger partial charge is 0.453 e. The van der Waals surface area contributed by atoms with Gasteiger partial charge in [0.25, 0.3) is 0 Å². The molecular formula is C19H17BrN4O2. The number of aryl methyl sites for hydroxylation is 1. The van der Waals surface area contributed by atoms with Gasteiger partial charge in [-0.25, -0.2) is 9.97 Å². The van der Waals surface area contributed by atoms with E-state index in [-0.39, 0.29) is 12.5 Å². The van der Waals surface area contributed by atoms with E-state index in [4.69, 9.17) is 4.74 Å². The number of rotatable bonds is 4. The van der Waals surface area contributed by atoms with Crippen molar-refractivity contribution in [2.75, 3.05) is 0 Å². The SMILES string of the molecule is Cc1cn(CC(=O)OC(C)c2nc3ncc(Br)cc3[nH]2)c2ccccc12. The number of esters is 1. The normalized spacial score (nSPS) is 12.6. The molecule has 0 aliphatic heterocycles. The number of halogens is 1. The first-order valence-corrected chi connectivity index (χ1v) is 9.05. The van der Waals surface area contributed by atoms with E-state index in [1.54, 1.807) is 13.1 Å². The standard InChI is InChI=1S/C19H17BrN4O2/c1-11-9-24(16-6-4-3-5-14(11)16)10-17(25)26-12(2)18-22-15-7-13(20)8-21-19(15)23-18/h3-9,12H,10H2,1-2H3,(H,21,22,23). The van der Waals surface area contributed by atoms with E-state index in [1.807, 2.05) is 42.0 Å². The predicted molar refractivity (Wildman–Crippen MR) is 103 cm³/mol. The Labute approximate surface area is 158 Å². The van der Waals surface area contributed by atoms with Gasteiger partial charge >= 0.3 is 5.97 Å². The number of benzene rings is 1. The number of imidazole rings is 1. The van der Waals surface area contributed by atoms with Crippen LogP contribution in [0.15, 0.2) is 47.2 Å². The van der Waals surface area contributed by atoms with Crippen molar-refractivity contribution in [3.8, 4) is 0 Å². The van der Waals surface area contributed by atoms with Gasteiger partial charge in [-0.2, -0.15) is 0 Å². The lowest BCUT2D eigenvalue weighted by Crippen LogP contribution is -2.15. The molecule has 0 aliphatic rings. The topological polar surface area (TPSA) is 72.8 Å². The number of H-pyrrole nitrogens is 1. The quantitative estimate of drug-likeness (QED) is 0.507. The van der Waals surface area contributed by atoms with Crippen molar-refractivity contribution < 1.29 is 9.53 Å². The summed E-state index contributed by atoms with van der Waals surface area (Å²) in [7, 11) is 0. The molecule has 4 rings (SSSR count). The van der Waals surface area contributed by atoms with Crippen molar-refractivity contribution in [3.05, 3.63) is 58.6 Å². The van der Waals surface area contributed by atoms with Crippen molar-refractivity contribution in [1.29, 1.82) is 0 Å². The number of pyridine rings is 1. The second-order valence-electron chi connectivity index (χ2n) is 6.24. The monoisotopic (exact) mass is 412 g/mol. The summed E-state index contributed by atoms with van der Waals surface area (Å²) in [5.74, 6) is 0.264. The summed E-state index contributed by atoms with van der Waals surface area (Å²) < 4.78 is 8.34. The number of ether oxygens (including phenoxy) is 1. The number of aromatic nitrogens is 4. The molecule has 3 heterocycles. The molecule has 0 amide bonds. The maximum atomic E-state index is 12.4. The summed E-state index contributed by atoms with van der Waals surface area (Å²) in [6.07, 6.45) is 3.17. The summed E-state index contributed by atoms with van der Waals surface area (Å²) in [6.45, 7) is 3.98. The van der Waals surface area contributed by atoms with E-state index in [1.165, 1.54) is 0 Å². The van der Waals surface area contributed by atoms with Gasteiger partial charge in [-0.3, -0.25) is 4.79 Å². The maximum absolute atomic E-state index is 12.4. The number of para-hydroxylation sites is 1. The Hall–Kier alpha value is -2.67. The fraction of sp³-hybridized carbons (Fsp3) is 0.211. The third-order valence-electron chi connectivity index (χ3n) is 4.30. The minimum atomic E-state index is -0.488. The fourth-order valence-corrected chi connectivity index (χ4v) is 3.41. The van der Waals surface area contributed by atoms with Gasteiger partial charge in [-0.15, -0.1) is 0 Å². The number of hydrogen-bond donors (Lipinski definition) is 1. The summed E-state index contributed by atoms with van der Waals surface area (Å²) in [6, 6.07) is 9.90. The van der Waals surface area contributed by atoms with Crippen LogP contribution in [0.25, 0.3) is 22.1 Å². The molecule has 3 aromatic heterocycles. The molecular weight excluding hydrogens is 396 g/mol. The molecule has 4 aromatic rings. The molecule has 0 fully saturated rings. The van der Waals surface area contributed by atoms with E-state index in [2.05, 4.69) is 36.9 Å². The molecule has 26 heavy (non-hydrogen) atoms. The Balaban J connectivity index is 1.51. The van der Waals surface area contributed by atoms with Gasteiger partial charge in [-0.1, -0.05) is 18.2 Å². The first kappa shape index (κ1) is 16.8. The van der Waals surface area contributed by atoms with E-state index in [0.717, 1.165) is 26.5 Å². The third kappa shape index (κ3) is 3.10. The molecule has 0 radical (unpaired) electrons. The fourth-order valence-electron chi connectivity index (χ4n) is 3.08. The number of nitrogens with one attached hydrogen (secondary N) is 1. The van der Waals surface area contributed by atoms with Gasteiger partial charge in [-0.05, 0) is 47.5 Å². The molecule has 7 heteroatoms. The molecule has 0 saturated carbocycles. The average Bonchev–Trinajstić information content (AvgIpc) is 3.16. The van der Waals surface area contributed by atoms with Crippen molar-refractivity contribution >= 4 is 44.0 Å². The van der Waals surface area contributed by atoms with Gasteiger partial charge in [0.15, 0.2) is 11.8 Å². The Morgan fingerprint density at radius 1 is 1.38 bits per heavy atom. The van der Waals surface area contributed by atoms with E-state index in [0.29, 0.717) is 11.5 Å². The number of nitrogens with zero attached hydrogens (tertiary/aromatic N) is 3. The molecule has 1 atom stereocenters. The zero-order valence-corrected chi connectivity index (χ0v) is 15.9. The molecule has 1 aromatic carbocycles. The van der Waals surface area contributed by atoms with Crippen molar-refractivity contribution in [3.63, 3.8) is 0 Å². The highest BCUT2D eigenvalue weighted by Crippen LogP contribution is 2.22. The van der Waals surface area contributed by atoms with Crippen LogP contribution in [0.1, 0.15) is 24.4 Å². The summed E-state index contributed by atoms with van der Waals surface area (Å²) in [5, 5.41) is 1.14. The highest BCUT2D eigenvalue weighted by atomic mass is 79.9. The lowest BCUT2D eigenvalue weighted by atomic mass is 10.2. The summed E-state index contributed by atoms with van der Waals surface area (Å²) in [4.78, 5) is 24.2. The number of aromatic amines is 1. The lowest BCUT2D eigenvalue weighted by Gasteiger charge is -2.11. The number of fused-ring (bicyclic) bond motifs is 2. The highest BCUT2D eigenvalue weighted by Gasteiger charge is 2.17. The lowest BCUT2D eigenvalue weighted by molar-refractivity contribution is -0.149. The van der Waals surface area contributed by atoms with Crippen LogP contribution >= 0.6 is 15.9 Å². The van der Waals surface area contributed by atoms with Crippen LogP contribution in [0.5, 0.6) is 0 Å². The van der Waals surface area contributed by atoms with Gasteiger partial charge < -0.3 is 14.3 Å². The number of carbonyl (C=O) groups is 1. The minimum Gasteiger partial charge on any atom is -0.453 e. The second-order valence-corrected chi connectivity index (χ2v) is 7.15. The number of carbonyl (C=O) groups excluding carboxylic acids is 1. The molecule has 0 bridgehead atoms. The van der Waals surface area contributed by atoms with Crippen LogP contribution in [0.3, 0.4) is 0 Å². The van der Waals surface area contributed by atoms with Crippen molar-refractivity contribution in [1.82, 2.24) is 19.5 Å². The Morgan fingerprint density at radius 2 is 2.19 bits per heavy atom. The van der Waals surface area contributed by atoms with Gasteiger partial charge in [0.05, 0.1) is 5.52 Å². The Morgan fingerprint density at radius 3 is 3.04 bits per heavy atom. The zero-order valence-electron chi connectivity index (χ0n) is 14.4. The molecule has 1 N–H and O–H groups in total. The third-order valence-corrected chi connectivity index (χ3v) is 4.74. The number of hydrogen-bond acceptors (Lipinski definition) is 4. The maximum Gasteiger partial charge on any atom is 0.326 e. The summed E-state index contributed by atoms with van der Waals surface area (Å²) in [5.41, 5.74) is 3.55. The van der Waals surface area contributed by atoms with Gasteiger partial charge in [0.1, 0.15) is 12.4 Å². The smallest absolute Gasteiger partial charge is 0.326 e. The van der Waals surface area contributed by atoms with Gasteiger partial charge in [0.2, 0.25) is 0 Å². The van der Waals surface area contributed by atoms with Crippen molar-refractivity contribution in [2.24, 2.45) is 0 Å². The van der Waals surface area contributed by atoms with Crippen LogP contribution in [0, 0.1) is 6.92 Å². The zero-order chi connectivity index (χ0) is 18.3. The molecule has 132 valence electrons. The first-order valence-electron chi connectivity index (χ1n) is 8.26. The Bertz CT molecular complexity index is 1120. The summed E-state index contributed by atoms with van der Waals surface area (Å²) >= 11 is 3.38. The highest BCUT2D eigenvalue weighted by molar-refractivity contribution is 9.10. The van der Waals surface area contributed by atoms with Crippen LogP contribution in [-0.4, -0.2) is 25.5 Å². The Kier molecular flexibility index (Phi) is 4.24. The van der Waals surface area contributed by atoms with Crippen LogP contribution in [0.4, 0.5) is 0 Å². The molecule has 6 nitrogen and oxygen atoms in total. The minimum absolute atomic E-state index is 0.155. The van der Waals surface area contributed by atoms with Crippen LogP contribution in [-0.2, 0) is 16.1 Å². The first-order chi connectivity index (χ1) is 12.5. The van der Waals surface area contributed by atoms with E-state index in [9.17, 15) is 4.79 Å². The van der Waals surface area contributed by atoms with Crippen molar-refractivity contribution in [2.45, 2.75) is 26.5 Å². The van der Waals surface area contributed by atoms with Crippen LogP contribution < -0.4 is 0 Å². The predicted octanol–water partition coefficient (Wildman–Crippen LogP) is 4.29. The molecule has 0 saturated heterocycles. The second kappa shape index (κ2) is 6.57. The average molecular weight is 413 g/mol. The molecule has 0 spiro atoms. The van der Waals surface area contributed by atoms with Crippen LogP contribution in [0.2, 0.25) is 0 Å². The van der Waals surface area contributed by atoms with E-state index >= 15 is 0 Å². The van der Waals surface area contributed by atoms with E-state index < -0.39 is 6.10 Å². The molecule has 1 unspecified atom stereocenters.